The molecule has 0 aliphatic carbocycles. The summed E-state index contributed by atoms with van der Waals surface area (Å²) in [5.41, 5.74) is 0.969. The summed E-state index contributed by atoms with van der Waals surface area (Å²) in [6.07, 6.45) is 1.14. The lowest BCUT2D eigenvalue weighted by Gasteiger charge is -2.34. The smallest absolute Gasteiger partial charge is 0.184 e. The van der Waals surface area contributed by atoms with Crippen molar-refractivity contribution in [1.82, 2.24) is 0 Å². The molecule has 18 heavy (non-hydrogen) atoms. The summed E-state index contributed by atoms with van der Waals surface area (Å²) in [5.74, 6) is 0. The zero-order valence-electron chi connectivity index (χ0n) is 10.4. The Kier molecular flexibility index (Phi) is 5.13. The lowest BCUT2D eigenvalue weighted by atomic mass is 10.1. The fourth-order valence-corrected chi connectivity index (χ4v) is 2.08. The minimum Gasteiger partial charge on any atom is -0.396 e. The summed E-state index contributed by atoms with van der Waals surface area (Å²) < 4.78 is 11.3. The molecule has 0 amide bonds. The van der Waals surface area contributed by atoms with Crippen LogP contribution in [0.5, 0.6) is 0 Å². The number of rotatable bonds is 5. The Labute approximate surface area is 107 Å². The van der Waals surface area contributed by atoms with Gasteiger partial charge in [0, 0.05) is 12.2 Å². The van der Waals surface area contributed by atoms with Gasteiger partial charge in [-0.3, -0.25) is 0 Å². The van der Waals surface area contributed by atoms with Gasteiger partial charge in [0.2, 0.25) is 0 Å². The van der Waals surface area contributed by atoms with Gasteiger partial charge in [-0.15, -0.1) is 0 Å². The van der Waals surface area contributed by atoms with E-state index >= 15 is 0 Å². The van der Waals surface area contributed by atoms with Crippen LogP contribution in [0.3, 0.4) is 0 Å². The van der Waals surface area contributed by atoms with Crippen molar-refractivity contribution in [2.24, 2.45) is 0 Å². The van der Waals surface area contributed by atoms with Gasteiger partial charge in [0.05, 0.1) is 12.7 Å². The van der Waals surface area contributed by atoms with Crippen LogP contribution in [0.25, 0.3) is 0 Å². The van der Waals surface area contributed by atoms with Crippen LogP contribution in [-0.2, 0) is 9.47 Å². The van der Waals surface area contributed by atoms with Crippen LogP contribution in [0.1, 0.15) is 31.1 Å². The maximum Gasteiger partial charge on any atom is 0.184 e. The predicted molar refractivity (Wildman–Crippen MR) is 67.0 cm³/mol. The third kappa shape index (κ3) is 3.53. The summed E-state index contributed by atoms with van der Waals surface area (Å²) in [6.45, 7) is 0.477. The number of aliphatic hydroxyl groups is 2. The maximum absolute atomic E-state index is 9.82. The first kappa shape index (κ1) is 13.5. The molecule has 3 atom stereocenters. The molecule has 4 nitrogen and oxygen atoms in total. The normalized spacial score (nSPS) is 28.2. The Hall–Kier alpha value is -0.940. The Morgan fingerprint density at radius 2 is 1.94 bits per heavy atom. The molecule has 0 unspecified atom stereocenters. The van der Waals surface area contributed by atoms with Gasteiger partial charge < -0.3 is 19.7 Å². The number of aliphatic hydroxyl groups excluding tert-OH is 2. The molecule has 0 radical (unpaired) electrons. The number of benzene rings is 1. The lowest BCUT2D eigenvalue weighted by molar-refractivity contribution is -0.258. The van der Waals surface area contributed by atoms with E-state index in [1.165, 1.54) is 0 Å². The van der Waals surface area contributed by atoms with Crippen molar-refractivity contribution >= 4 is 0 Å². The topological polar surface area (TPSA) is 58.9 Å². The Morgan fingerprint density at radius 1 is 1.17 bits per heavy atom. The highest BCUT2D eigenvalue weighted by molar-refractivity contribution is 5.16. The van der Waals surface area contributed by atoms with E-state index in [1.54, 1.807) is 0 Å². The number of unbranched alkanes of at least 4 members (excludes halogenated alkanes) is 1. The maximum atomic E-state index is 9.82. The molecular weight excluding hydrogens is 232 g/mol. The SMILES string of the molecule is OCCCC[C@H]1O[C@@H](c2ccccc2)OC[C@@H]1O. The average Bonchev–Trinajstić information content (AvgIpc) is 2.42. The molecule has 4 heteroatoms. The number of hydrogen-bond acceptors (Lipinski definition) is 4. The zero-order valence-corrected chi connectivity index (χ0v) is 10.4. The highest BCUT2D eigenvalue weighted by atomic mass is 16.7. The lowest BCUT2D eigenvalue weighted by Crippen LogP contribution is -2.40. The van der Waals surface area contributed by atoms with Crippen molar-refractivity contribution in [2.45, 2.75) is 37.8 Å². The summed E-state index contributed by atoms with van der Waals surface area (Å²) in [6, 6.07) is 9.72. The summed E-state index contributed by atoms with van der Waals surface area (Å²) in [4.78, 5) is 0. The van der Waals surface area contributed by atoms with Gasteiger partial charge in [-0.1, -0.05) is 30.3 Å². The van der Waals surface area contributed by atoms with E-state index in [0.717, 1.165) is 24.8 Å². The molecule has 1 aliphatic heterocycles. The molecule has 0 spiro atoms. The van der Waals surface area contributed by atoms with Gasteiger partial charge in [-0.25, -0.2) is 0 Å². The van der Waals surface area contributed by atoms with Gasteiger partial charge >= 0.3 is 0 Å². The van der Waals surface area contributed by atoms with Gasteiger partial charge in [-0.05, 0) is 19.3 Å². The first-order chi connectivity index (χ1) is 8.81. The van der Waals surface area contributed by atoms with E-state index in [-0.39, 0.29) is 12.7 Å². The van der Waals surface area contributed by atoms with Crippen LogP contribution in [0, 0.1) is 0 Å². The van der Waals surface area contributed by atoms with Crippen molar-refractivity contribution in [2.75, 3.05) is 13.2 Å². The van der Waals surface area contributed by atoms with E-state index in [4.69, 9.17) is 14.6 Å². The van der Waals surface area contributed by atoms with Gasteiger partial charge in [-0.2, -0.15) is 0 Å². The second-order valence-corrected chi connectivity index (χ2v) is 4.54. The van der Waals surface area contributed by atoms with E-state index in [2.05, 4.69) is 0 Å². The minimum atomic E-state index is -0.580. The molecule has 1 aromatic carbocycles. The van der Waals surface area contributed by atoms with Crippen LogP contribution in [0.15, 0.2) is 30.3 Å². The first-order valence-corrected chi connectivity index (χ1v) is 6.42. The summed E-state index contributed by atoms with van der Waals surface area (Å²) >= 11 is 0. The third-order valence-electron chi connectivity index (χ3n) is 3.11. The highest BCUT2D eigenvalue weighted by Gasteiger charge is 2.30. The summed E-state index contributed by atoms with van der Waals surface area (Å²) in [5, 5.41) is 18.6. The Morgan fingerprint density at radius 3 is 2.67 bits per heavy atom. The van der Waals surface area contributed by atoms with Gasteiger partial charge in [0.1, 0.15) is 6.10 Å². The van der Waals surface area contributed by atoms with Crippen LogP contribution in [-0.4, -0.2) is 35.6 Å². The molecule has 0 bridgehead atoms. The first-order valence-electron chi connectivity index (χ1n) is 6.42. The molecule has 0 saturated carbocycles. The standard InChI is InChI=1S/C14H20O4/c15-9-5-4-8-13-12(16)10-17-14(18-13)11-6-2-1-3-7-11/h1-3,6-7,12-16H,4-5,8-10H2/t12-,13+,14-/m0/s1. The van der Waals surface area contributed by atoms with Crippen LogP contribution >= 0.6 is 0 Å². The number of hydrogen-bond donors (Lipinski definition) is 2. The number of ether oxygens (including phenoxy) is 2. The molecule has 1 aliphatic rings. The largest absolute Gasteiger partial charge is 0.396 e. The van der Waals surface area contributed by atoms with Gasteiger partial charge in [0.15, 0.2) is 6.29 Å². The molecule has 2 rings (SSSR count). The quantitative estimate of drug-likeness (QED) is 0.782. The molecule has 1 heterocycles. The monoisotopic (exact) mass is 252 g/mol. The van der Waals surface area contributed by atoms with E-state index in [0.29, 0.717) is 6.61 Å². The molecule has 1 aromatic rings. The van der Waals surface area contributed by atoms with E-state index < -0.39 is 12.4 Å². The highest BCUT2D eigenvalue weighted by Crippen LogP contribution is 2.28. The molecule has 1 saturated heterocycles. The summed E-state index contributed by atoms with van der Waals surface area (Å²) in [7, 11) is 0. The van der Waals surface area contributed by atoms with E-state index in [1.807, 2.05) is 30.3 Å². The minimum absolute atomic E-state index is 0.182. The second-order valence-electron chi connectivity index (χ2n) is 4.54. The Balaban J connectivity index is 1.91. The molecule has 1 fully saturated rings. The fraction of sp³-hybridized carbons (Fsp3) is 0.571. The van der Waals surface area contributed by atoms with Crippen molar-refractivity contribution in [1.29, 1.82) is 0 Å². The van der Waals surface area contributed by atoms with Crippen molar-refractivity contribution in [3.63, 3.8) is 0 Å². The zero-order chi connectivity index (χ0) is 12.8. The van der Waals surface area contributed by atoms with Crippen LogP contribution < -0.4 is 0 Å². The Bertz CT molecular complexity index is 341. The van der Waals surface area contributed by atoms with Crippen LogP contribution in [0.4, 0.5) is 0 Å². The third-order valence-corrected chi connectivity index (χ3v) is 3.11. The van der Waals surface area contributed by atoms with Crippen molar-refractivity contribution < 1.29 is 19.7 Å². The molecule has 2 N–H and O–H groups in total. The fourth-order valence-electron chi connectivity index (χ4n) is 2.08. The molecule has 100 valence electrons. The average molecular weight is 252 g/mol. The predicted octanol–water partition coefficient (Wildman–Crippen LogP) is 1.62. The molecular formula is C14H20O4. The second kappa shape index (κ2) is 6.85. The van der Waals surface area contributed by atoms with Crippen molar-refractivity contribution in [3.8, 4) is 0 Å². The molecule has 0 aromatic heterocycles. The van der Waals surface area contributed by atoms with Gasteiger partial charge in [0.25, 0.3) is 0 Å². The van der Waals surface area contributed by atoms with Crippen LogP contribution in [0.2, 0.25) is 0 Å². The van der Waals surface area contributed by atoms with E-state index in [9.17, 15) is 5.11 Å². The van der Waals surface area contributed by atoms with Crippen molar-refractivity contribution in [3.05, 3.63) is 35.9 Å².